The maximum absolute atomic E-state index is 5.79. The summed E-state index contributed by atoms with van der Waals surface area (Å²) in [7, 11) is 0. The predicted molar refractivity (Wildman–Crippen MR) is 82.1 cm³/mol. The molecule has 1 fully saturated rings. The van der Waals surface area contributed by atoms with Crippen LogP contribution in [0.5, 0.6) is 5.75 Å². The first-order chi connectivity index (χ1) is 9.40. The number of unbranched alkanes of at least 4 members (excludes halogenated alkanes) is 4. The van der Waals surface area contributed by atoms with E-state index >= 15 is 0 Å². The zero-order chi connectivity index (χ0) is 13.3. The van der Waals surface area contributed by atoms with Gasteiger partial charge in [-0.05, 0) is 43.5 Å². The van der Waals surface area contributed by atoms with Gasteiger partial charge in [0.15, 0.2) is 0 Å². The molecule has 0 aromatic heterocycles. The van der Waals surface area contributed by atoms with Gasteiger partial charge in [0.1, 0.15) is 5.75 Å². The highest BCUT2D eigenvalue weighted by molar-refractivity contribution is 5.49. The van der Waals surface area contributed by atoms with Gasteiger partial charge in [-0.15, -0.1) is 0 Å². The first-order valence-electron chi connectivity index (χ1n) is 7.88. The minimum atomic E-state index is 0.854. The molecule has 1 aromatic carbocycles. The van der Waals surface area contributed by atoms with Crippen LogP contribution in [-0.4, -0.2) is 19.7 Å². The van der Waals surface area contributed by atoms with Gasteiger partial charge in [-0.1, -0.05) is 32.6 Å². The number of anilines is 1. The van der Waals surface area contributed by atoms with Crippen molar-refractivity contribution in [2.24, 2.45) is 0 Å². The number of ether oxygens (including phenoxy) is 1. The molecule has 1 saturated heterocycles. The molecule has 2 nitrogen and oxygen atoms in total. The molecular formula is C17H27NO. The second kappa shape index (κ2) is 8.08. The van der Waals surface area contributed by atoms with Crippen LogP contribution in [0.15, 0.2) is 24.3 Å². The van der Waals surface area contributed by atoms with Crippen molar-refractivity contribution in [3.63, 3.8) is 0 Å². The summed E-state index contributed by atoms with van der Waals surface area (Å²) in [5, 5.41) is 0. The van der Waals surface area contributed by atoms with Crippen molar-refractivity contribution in [2.45, 2.75) is 51.9 Å². The fourth-order valence-corrected chi connectivity index (χ4v) is 2.62. The molecule has 0 saturated carbocycles. The maximum atomic E-state index is 5.79. The highest BCUT2D eigenvalue weighted by Crippen LogP contribution is 2.23. The minimum absolute atomic E-state index is 0.854. The molecule has 106 valence electrons. The Morgan fingerprint density at radius 2 is 1.63 bits per heavy atom. The van der Waals surface area contributed by atoms with Crippen LogP contribution in [0.3, 0.4) is 0 Å². The largest absolute Gasteiger partial charge is 0.494 e. The van der Waals surface area contributed by atoms with Crippen LogP contribution in [0.25, 0.3) is 0 Å². The zero-order valence-electron chi connectivity index (χ0n) is 12.2. The molecular weight excluding hydrogens is 234 g/mol. The molecule has 0 N–H and O–H groups in total. The highest BCUT2D eigenvalue weighted by Gasteiger charge is 2.11. The van der Waals surface area contributed by atoms with Crippen molar-refractivity contribution in [1.29, 1.82) is 0 Å². The Kier molecular flexibility index (Phi) is 6.06. The van der Waals surface area contributed by atoms with E-state index in [9.17, 15) is 0 Å². The summed E-state index contributed by atoms with van der Waals surface area (Å²) < 4.78 is 5.79. The van der Waals surface area contributed by atoms with Gasteiger partial charge in [0.05, 0.1) is 6.61 Å². The van der Waals surface area contributed by atoms with E-state index in [1.807, 2.05) is 0 Å². The molecule has 2 heteroatoms. The standard InChI is InChI=1S/C17H27NO/c1-2-3-4-5-8-15-19-17-11-9-16(10-12-17)18-13-6-7-14-18/h9-12H,2-8,13-15H2,1H3. The third kappa shape index (κ3) is 4.77. The van der Waals surface area contributed by atoms with E-state index in [0.29, 0.717) is 0 Å². The van der Waals surface area contributed by atoms with Crippen molar-refractivity contribution in [3.05, 3.63) is 24.3 Å². The molecule has 0 amide bonds. The Morgan fingerprint density at radius 3 is 2.32 bits per heavy atom. The summed E-state index contributed by atoms with van der Waals surface area (Å²) >= 11 is 0. The van der Waals surface area contributed by atoms with Crippen molar-refractivity contribution in [3.8, 4) is 5.75 Å². The van der Waals surface area contributed by atoms with E-state index in [2.05, 4.69) is 36.1 Å². The van der Waals surface area contributed by atoms with Crippen molar-refractivity contribution < 1.29 is 4.74 Å². The first kappa shape index (κ1) is 14.2. The number of hydrogen-bond donors (Lipinski definition) is 0. The van der Waals surface area contributed by atoms with Gasteiger partial charge in [0.2, 0.25) is 0 Å². The number of nitrogens with zero attached hydrogens (tertiary/aromatic N) is 1. The maximum Gasteiger partial charge on any atom is 0.119 e. The van der Waals surface area contributed by atoms with Crippen LogP contribution >= 0.6 is 0 Å². The van der Waals surface area contributed by atoms with Gasteiger partial charge in [-0.3, -0.25) is 0 Å². The van der Waals surface area contributed by atoms with E-state index in [1.165, 1.54) is 63.7 Å². The Morgan fingerprint density at radius 1 is 0.947 bits per heavy atom. The molecule has 1 heterocycles. The van der Waals surface area contributed by atoms with Gasteiger partial charge >= 0.3 is 0 Å². The quantitative estimate of drug-likeness (QED) is 0.632. The van der Waals surface area contributed by atoms with Gasteiger partial charge in [0.25, 0.3) is 0 Å². The molecule has 1 aliphatic rings. The molecule has 0 radical (unpaired) electrons. The normalized spacial score (nSPS) is 14.9. The second-order valence-electron chi connectivity index (χ2n) is 5.45. The third-order valence-corrected chi connectivity index (χ3v) is 3.82. The van der Waals surface area contributed by atoms with E-state index in [1.54, 1.807) is 0 Å². The van der Waals surface area contributed by atoms with Crippen LogP contribution in [0, 0.1) is 0 Å². The molecule has 0 spiro atoms. The number of rotatable bonds is 8. The lowest BCUT2D eigenvalue weighted by atomic mass is 10.2. The average molecular weight is 261 g/mol. The summed E-state index contributed by atoms with van der Waals surface area (Å²) in [6.07, 6.45) is 9.12. The molecule has 0 unspecified atom stereocenters. The van der Waals surface area contributed by atoms with E-state index in [-0.39, 0.29) is 0 Å². The Bertz CT molecular complexity index is 341. The third-order valence-electron chi connectivity index (χ3n) is 3.82. The fourth-order valence-electron chi connectivity index (χ4n) is 2.62. The number of hydrogen-bond acceptors (Lipinski definition) is 2. The lowest BCUT2D eigenvalue weighted by Gasteiger charge is -2.17. The Labute approximate surface area is 117 Å². The average Bonchev–Trinajstić information content (AvgIpc) is 2.97. The monoisotopic (exact) mass is 261 g/mol. The van der Waals surface area contributed by atoms with E-state index in [4.69, 9.17) is 4.74 Å². The van der Waals surface area contributed by atoms with Gasteiger partial charge in [-0.2, -0.15) is 0 Å². The molecule has 0 aliphatic carbocycles. The van der Waals surface area contributed by atoms with Crippen LogP contribution in [-0.2, 0) is 0 Å². The molecule has 1 aliphatic heterocycles. The summed E-state index contributed by atoms with van der Waals surface area (Å²) in [5.74, 6) is 1.01. The van der Waals surface area contributed by atoms with Crippen LogP contribution in [0.1, 0.15) is 51.9 Å². The topological polar surface area (TPSA) is 12.5 Å². The SMILES string of the molecule is CCCCCCCOc1ccc(N2CCCC2)cc1. The van der Waals surface area contributed by atoms with Crippen molar-refractivity contribution >= 4 is 5.69 Å². The predicted octanol–water partition coefficient (Wildman–Crippen LogP) is 4.64. The minimum Gasteiger partial charge on any atom is -0.494 e. The molecule has 2 rings (SSSR count). The van der Waals surface area contributed by atoms with Crippen molar-refractivity contribution in [2.75, 3.05) is 24.6 Å². The summed E-state index contributed by atoms with van der Waals surface area (Å²) in [6, 6.07) is 8.61. The summed E-state index contributed by atoms with van der Waals surface area (Å²) in [6.45, 7) is 5.51. The second-order valence-corrected chi connectivity index (χ2v) is 5.45. The summed E-state index contributed by atoms with van der Waals surface area (Å²) in [5.41, 5.74) is 1.34. The molecule has 0 atom stereocenters. The molecule has 0 bridgehead atoms. The lowest BCUT2D eigenvalue weighted by Crippen LogP contribution is -2.17. The zero-order valence-corrected chi connectivity index (χ0v) is 12.2. The fraction of sp³-hybridized carbons (Fsp3) is 0.647. The first-order valence-corrected chi connectivity index (χ1v) is 7.88. The Hall–Kier alpha value is -1.18. The lowest BCUT2D eigenvalue weighted by molar-refractivity contribution is 0.304. The highest BCUT2D eigenvalue weighted by atomic mass is 16.5. The van der Waals surface area contributed by atoms with E-state index in [0.717, 1.165) is 12.4 Å². The Balaban J connectivity index is 1.67. The van der Waals surface area contributed by atoms with Crippen LogP contribution in [0.2, 0.25) is 0 Å². The number of benzene rings is 1. The van der Waals surface area contributed by atoms with Crippen LogP contribution < -0.4 is 9.64 Å². The molecule has 19 heavy (non-hydrogen) atoms. The van der Waals surface area contributed by atoms with Crippen molar-refractivity contribution in [1.82, 2.24) is 0 Å². The van der Waals surface area contributed by atoms with E-state index < -0.39 is 0 Å². The summed E-state index contributed by atoms with van der Waals surface area (Å²) in [4.78, 5) is 2.45. The van der Waals surface area contributed by atoms with Gasteiger partial charge < -0.3 is 9.64 Å². The van der Waals surface area contributed by atoms with Gasteiger partial charge in [-0.25, -0.2) is 0 Å². The van der Waals surface area contributed by atoms with Crippen LogP contribution in [0.4, 0.5) is 5.69 Å². The molecule has 1 aromatic rings. The smallest absolute Gasteiger partial charge is 0.119 e. The van der Waals surface area contributed by atoms with Gasteiger partial charge in [0, 0.05) is 18.8 Å².